The molecule has 1 aliphatic heterocycles. The summed E-state index contributed by atoms with van der Waals surface area (Å²) in [5, 5.41) is 13.1. The molecule has 4 heteroatoms. The smallest absolute Gasteiger partial charge is 0.161 e. The monoisotopic (exact) mass is 313 g/mol. The van der Waals surface area contributed by atoms with E-state index in [9.17, 15) is 5.11 Å². The molecule has 2 aromatic carbocycles. The van der Waals surface area contributed by atoms with Crippen LogP contribution in [0.15, 0.2) is 36.4 Å². The van der Waals surface area contributed by atoms with Gasteiger partial charge in [0.25, 0.3) is 0 Å². The molecule has 1 atom stereocenters. The van der Waals surface area contributed by atoms with E-state index in [0.29, 0.717) is 13.2 Å². The van der Waals surface area contributed by atoms with Gasteiger partial charge in [-0.3, -0.25) is 0 Å². The van der Waals surface area contributed by atoms with Crippen molar-refractivity contribution in [2.45, 2.75) is 26.3 Å². The predicted molar refractivity (Wildman–Crippen MR) is 90.4 cm³/mol. The Bertz CT molecular complexity index is 667. The van der Waals surface area contributed by atoms with Crippen molar-refractivity contribution in [1.82, 2.24) is 5.32 Å². The number of fused-ring (bicyclic) bond motifs is 1. The Balaban J connectivity index is 2.02. The predicted octanol–water partition coefficient (Wildman–Crippen LogP) is 3.42. The molecule has 0 bridgehead atoms. The van der Waals surface area contributed by atoms with Crippen LogP contribution in [0.2, 0.25) is 0 Å². The quantitative estimate of drug-likeness (QED) is 0.888. The van der Waals surface area contributed by atoms with Gasteiger partial charge >= 0.3 is 0 Å². The summed E-state index contributed by atoms with van der Waals surface area (Å²) in [4.78, 5) is 0. The van der Waals surface area contributed by atoms with Crippen LogP contribution in [0.4, 0.5) is 0 Å². The number of benzene rings is 2. The molecule has 2 N–H and O–H groups in total. The average Bonchev–Trinajstić information content (AvgIpc) is 2.56. The lowest BCUT2D eigenvalue weighted by Crippen LogP contribution is -2.30. The summed E-state index contributed by atoms with van der Waals surface area (Å²) < 4.78 is 11.5. The maximum absolute atomic E-state index is 9.50. The van der Waals surface area contributed by atoms with Crippen LogP contribution in [-0.4, -0.2) is 24.9 Å². The van der Waals surface area contributed by atoms with Crippen molar-refractivity contribution in [1.29, 1.82) is 0 Å². The summed E-state index contributed by atoms with van der Waals surface area (Å²) in [5.74, 6) is 1.89. The van der Waals surface area contributed by atoms with Gasteiger partial charge in [0.1, 0.15) is 5.75 Å². The molecule has 0 saturated heterocycles. The fourth-order valence-electron chi connectivity index (χ4n) is 3.06. The lowest BCUT2D eigenvalue weighted by Gasteiger charge is -2.29. The van der Waals surface area contributed by atoms with Crippen LogP contribution in [0.1, 0.15) is 36.6 Å². The molecule has 4 nitrogen and oxygen atoms in total. The molecule has 122 valence electrons. The molecule has 1 unspecified atom stereocenters. The van der Waals surface area contributed by atoms with Gasteiger partial charge in [-0.25, -0.2) is 0 Å². The molecular weight excluding hydrogens is 290 g/mol. The van der Waals surface area contributed by atoms with Gasteiger partial charge in [-0.15, -0.1) is 0 Å². The lowest BCUT2D eigenvalue weighted by molar-refractivity contribution is 0.286. The highest BCUT2D eigenvalue weighted by Gasteiger charge is 2.24. The van der Waals surface area contributed by atoms with Crippen molar-refractivity contribution in [2.24, 2.45) is 0 Å². The number of hydrogen-bond donors (Lipinski definition) is 2. The van der Waals surface area contributed by atoms with Crippen molar-refractivity contribution in [2.75, 3.05) is 19.8 Å². The number of hydrogen-bond acceptors (Lipinski definition) is 4. The second kappa shape index (κ2) is 6.92. The van der Waals surface area contributed by atoms with E-state index in [0.717, 1.165) is 30.0 Å². The van der Waals surface area contributed by atoms with E-state index in [-0.39, 0.29) is 11.8 Å². The Morgan fingerprint density at radius 2 is 1.70 bits per heavy atom. The van der Waals surface area contributed by atoms with Gasteiger partial charge in [-0.2, -0.15) is 0 Å². The second-order valence-electron chi connectivity index (χ2n) is 5.59. The van der Waals surface area contributed by atoms with Crippen molar-refractivity contribution in [3.8, 4) is 17.2 Å². The van der Waals surface area contributed by atoms with Crippen LogP contribution in [0.25, 0.3) is 0 Å². The lowest BCUT2D eigenvalue weighted by atomic mass is 9.89. The zero-order valence-electron chi connectivity index (χ0n) is 13.6. The van der Waals surface area contributed by atoms with Crippen molar-refractivity contribution < 1.29 is 14.6 Å². The average molecular weight is 313 g/mol. The summed E-state index contributed by atoms with van der Waals surface area (Å²) >= 11 is 0. The molecule has 1 heterocycles. The van der Waals surface area contributed by atoms with Gasteiger partial charge in [-0.1, -0.05) is 12.1 Å². The Kier molecular flexibility index (Phi) is 4.72. The molecular formula is C19H23NO3. The van der Waals surface area contributed by atoms with E-state index in [1.165, 1.54) is 11.1 Å². The van der Waals surface area contributed by atoms with Gasteiger partial charge in [0, 0.05) is 6.54 Å². The fraction of sp³-hybridized carbons (Fsp3) is 0.368. The molecule has 23 heavy (non-hydrogen) atoms. The molecule has 0 aliphatic carbocycles. The third kappa shape index (κ3) is 3.27. The molecule has 0 saturated carbocycles. The largest absolute Gasteiger partial charge is 0.508 e. The van der Waals surface area contributed by atoms with Crippen LogP contribution < -0.4 is 14.8 Å². The van der Waals surface area contributed by atoms with E-state index in [4.69, 9.17) is 9.47 Å². The fourth-order valence-corrected chi connectivity index (χ4v) is 3.06. The Hall–Kier alpha value is -2.20. The first-order chi connectivity index (χ1) is 11.2. The van der Waals surface area contributed by atoms with Crippen LogP contribution in [0, 0.1) is 0 Å². The molecule has 0 fully saturated rings. The highest BCUT2D eigenvalue weighted by atomic mass is 16.5. The van der Waals surface area contributed by atoms with Gasteiger partial charge in [0.05, 0.1) is 19.3 Å². The minimum atomic E-state index is 0.106. The number of aromatic hydroxyl groups is 1. The van der Waals surface area contributed by atoms with Crippen molar-refractivity contribution in [3.05, 3.63) is 53.1 Å². The number of phenolic OH excluding ortho intramolecular Hbond substituents is 1. The van der Waals surface area contributed by atoms with Crippen LogP contribution in [0.3, 0.4) is 0 Å². The highest BCUT2D eigenvalue weighted by molar-refractivity contribution is 5.51. The maximum atomic E-state index is 9.50. The highest BCUT2D eigenvalue weighted by Crippen LogP contribution is 2.38. The van der Waals surface area contributed by atoms with Crippen LogP contribution >= 0.6 is 0 Å². The molecule has 0 amide bonds. The Labute approximate surface area is 137 Å². The zero-order valence-corrected chi connectivity index (χ0v) is 13.6. The Morgan fingerprint density at radius 1 is 1.04 bits per heavy atom. The minimum Gasteiger partial charge on any atom is -0.508 e. The summed E-state index contributed by atoms with van der Waals surface area (Å²) in [6.07, 6.45) is 0.969. The number of ether oxygens (including phenoxy) is 2. The molecule has 0 radical (unpaired) electrons. The zero-order chi connectivity index (χ0) is 16.2. The summed E-state index contributed by atoms with van der Waals surface area (Å²) in [7, 11) is 0. The second-order valence-corrected chi connectivity index (χ2v) is 5.59. The normalized spacial score (nSPS) is 16.7. The van der Waals surface area contributed by atoms with E-state index < -0.39 is 0 Å². The number of nitrogens with one attached hydrogen (secondary N) is 1. The summed E-state index contributed by atoms with van der Waals surface area (Å²) in [5.41, 5.74) is 3.64. The molecule has 0 aromatic heterocycles. The standard InChI is InChI=1S/C19H23NO3/c1-3-22-17-11-14-9-10-20-19(13-5-7-15(21)8-6-13)16(14)12-18(17)23-4-2/h5-8,11-12,19-21H,3-4,9-10H2,1-2H3. The first-order valence-corrected chi connectivity index (χ1v) is 8.17. The van der Waals surface area contributed by atoms with Crippen molar-refractivity contribution >= 4 is 0 Å². The molecule has 2 aromatic rings. The SMILES string of the molecule is CCOc1cc2c(cc1OCC)C(c1ccc(O)cc1)NCC2. The molecule has 3 rings (SSSR count). The summed E-state index contributed by atoms with van der Waals surface area (Å²) in [6, 6.07) is 11.7. The van der Waals surface area contributed by atoms with E-state index >= 15 is 0 Å². The molecule has 0 spiro atoms. The Morgan fingerprint density at radius 3 is 2.35 bits per heavy atom. The van der Waals surface area contributed by atoms with Gasteiger partial charge in [0.15, 0.2) is 11.5 Å². The van der Waals surface area contributed by atoms with Gasteiger partial charge in [-0.05, 0) is 61.2 Å². The molecule has 1 aliphatic rings. The van der Waals surface area contributed by atoms with E-state index in [1.807, 2.05) is 26.0 Å². The minimum absolute atomic E-state index is 0.106. The van der Waals surface area contributed by atoms with E-state index in [1.54, 1.807) is 12.1 Å². The van der Waals surface area contributed by atoms with Gasteiger partial charge in [0.2, 0.25) is 0 Å². The van der Waals surface area contributed by atoms with Gasteiger partial charge < -0.3 is 19.9 Å². The summed E-state index contributed by atoms with van der Waals surface area (Å²) in [6.45, 7) is 6.10. The first-order valence-electron chi connectivity index (χ1n) is 8.17. The maximum Gasteiger partial charge on any atom is 0.161 e. The first kappa shape index (κ1) is 15.7. The third-order valence-corrected chi connectivity index (χ3v) is 4.09. The number of phenols is 1. The van der Waals surface area contributed by atoms with E-state index in [2.05, 4.69) is 17.4 Å². The van der Waals surface area contributed by atoms with Crippen LogP contribution in [-0.2, 0) is 6.42 Å². The van der Waals surface area contributed by atoms with Crippen LogP contribution in [0.5, 0.6) is 17.2 Å². The number of rotatable bonds is 5. The topological polar surface area (TPSA) is 50.7 Å². The third-order valence-electron chi connectivity index (χ3n) is 4.09. The van der Waals surface area contributed by atoms with Crippen molar-refractivity contribution in [3.63, 3.8) is 0 Å².